The van der Waals surface area contributed by atoms with E-state index in [-0.39, 0.29) is 11.7 Å². The normalized spacial score (nSPS) is 10.2. The minimum atomic E-state index is -0.413. The average Bonchev–Trinajstić information content (AvgIpc) is 3.10. The predicted octanol–water partition coefficient (Wildman–Crippen LogP) is 2.92. The summed E-state index contributed by atoms with van der Waals surface area (Å²) in [6.45, 7) is 1.44. The van der Waals surface area contributed by atoms with Gasteiger partial charge in [-0.2, -0.15) is 0 Å². The van der Waals surface area contributed by atoms with Gasteiger partial charge in [0.05, 0.1) is 30.3 Å². The lowest BCUT2D eigenvalue weighted by molar-refractivity contribution is 0.0826. The molecule has 0 aliphatic carbocycles. The van der Waals surface area contributed by atoms with Crippen molar-refractivity contribution in [2.45, 2.75) is 6.92 Å². The molecular weight excluding hydrogens is 356 g/mol. The number of ketones is 1. The third-order valence-electron chi connectivity index (χ3n) is 3.59. The molecule has 0 unspecified atom stereocenters. The third kappa shape index (κ3) is 4.02. The molecule has 138 valence electrons. The fourth-order valence-electron chi connectivity index (χ4n) is 2.27. The Morgan fingerprint density at radius 2 is 1.73 bits per heavy atom. The molecule has 0 aliphatic rings. The number of carbonyl (C=O) groups excluding carboxylic acids is 3. The molecule has 0 atom stereocenters. The molecule has 1 N–H and O–H groups in total. The highest BCUT2D eigenvalue weighted by atomic mass is 32.1. The van der Waals surface area contributed by atoms with Gasteiger partial charge >= 0.3 is 0 Å². The van der Waals surface area contributed by atoms with Crippen molar-refractivity contribution in [3.63, 3.8) is 0 Å². The van der Waals surface area contributed by atoms with Crippen molar-refractivity contribution in [3.05, 3.63) is 39.6 Å². The van der Waals surface area contributed by atoms with Crippen LogP contribution >= 0.6 is 11.3 Å². The lowest BCUT2D eigenvalue weighted by Gasteiger charge is -2.17. The summed E-state index contributed by atoms with van der Waals surface area (Å²) in [5.74, 6) is -0.130. The molecule has 0 radical (unpaired) electrons. The maximum absolute atomic E-state index is 12.5. The number of nitrogens with one attached hydrogen (secondary N) is 1. The first-order chi connectivity index (χ1) is 12.3. The topological polar surface area (TPSA) is 84.9 Å². The Labute approximate surface area is 155 Å². The number of benzene rings is 1. The van der Waals surface area contributed by atoms with Gasteiger partial charge in [0.1, 0.15) is 0 Å². The van der Waals surface area contributed by atoms with Gasteiger partial charge in [0.2, 0.25) is 0 Å². The molecule has 0 fully saturated rings. The molecule has 26 heavy (non-hydrogen) atoms. The first kappa shape index (κ1) is 19.5. The Kier molecular flexibility index (Phi) is 5.99. The van der Waals surface area contributed by atoms with Gasteiger partial charge in [-0.25, -0.2) is 0 Å². The predicted molar refractivity (Wildman–Crippen MR) is 99.8 cm³/mol. The molecule has 1 heterocycles. The molecule has 0 saturated carbocycles. The smallest absolute Gasteiger partial charge is 0.256 e. The minimum Gasteiger partial charge on any atom is -0.493 e. The van der Waals surface area contributed by atoms with Crippen LogP contribution in [0.4, 0.5) is 5.69 Å². The first-order valence-electron chi connectivity index (χ1n) is 7.67. The van der Waals surface area contributed by atoms with Gasteiger partial charge in [0.25, 0.3) is 11.8 Å². The monoisotopic (exact) mass is 376 g/mol. The number of amides is 2. The van der Waals surface area contributed by atoms with E-state index in [1.54, 1.807) is 25.5 Å². The van der Waals surface area contributed by atoms with Crippen molar-refractivity contribution in [2.75, 3.05) is 33.6 Å². The van der Waals surface area contributed by atoms with E-state index >= 15 is 0 Å². The summed E-state index contributed by atoms with van der Waals surface area (Å²) in [6.07, 6.45) is 0. The Morgan fingerprint density at radius 1 is 1.04 bits per heavy atom. The maximum Gasteiger partial charge on any atom is 0.256 e. The van der Waals surface area contributed by atoms with Gasteiger partial charge in [-0.3, -0.25) is 14.4 Å². The Balaban J connectivity index is 2.42. The van der Waals surface area contributed by atoms with Crippen LogP contribution in [0.2, 0.25) is 0 Å². The highest BCUT2D eigenvalue weighted by Crippen LogP contribution is 2.37. The van der Waals surface area contributed by atoms with E-state index in [0.29, 0.717) is 33.2 Å². The number of Topliss-reactive ketones (excluding diaryl/α,β-unsaturated/α-hetero) is 1. The zero-order valence-electron chi connectivity index (χ0n) is 15.2. The molecule has 2 rings (SSSR count). The summed E-state index contributed by atoms with van der Waals surface area (Å²) >= 11 is 1.20. The molecule has 8 heteroatoms. The van der Waals surface area contributed by atoms with E-state index in [2.05, 4.69) is 5.32 Å². The number of methoxy groups -OCH3 is 2. The molecule has 0 aliphatic heterocycles. The highest BCUT2D eigenvalue weighted by molar-refractivity contribution is 7.12. The van der Waals surface area contributed by atoms with Crippen molar-refractivity contribution in [3.8, 4) is 11.5 Å². The highest BCUT2D eigenvalue weighted by Gasteiger charge is 2.20. The van der Waals surface area contributed by atoms with E-state index in [9.17, 15) is 14.4 Å². The van der Waals surface area contributed by atoms with E-state index in [0.717, 1.165) is 0 Å². The first-order valence-corrected chi connectivity index (χ1v) is 8.55. The van der Waals surface area contributed by atoms with Crippen LogP contribution < -0.4 is 14.8 Å². The van der Waals surface area contributed by atoms with Crippen molar-refractivity contribution >= 4 is 34.6 Å². The van der Waals surface area contributed by atoms with Crippen LogP contribution in [0.25, 0.3) is 0 Å². The van der Waals surface area contributed by atoms with Crippen LogP contribution in [-0.2, 0) is 0 Å². The molecule has 0 spiro atoms. The second-order valence-corrected chi connectivity index (χ2v) is 6.58. The van der Waals surface area contributed by atoms with Gasteiger partial charge in [-0.1, -0.05) is 0 Å². The largest absolute Gasteiger partial charge is 0.493 e. The Morgan fingerprint density at radius 3 is 2.23 bits per heavy atom. The molecule has 1 aromatic heterocycles. The number of anilines is 1. The minimum absolute atomic E-state index is 0.105. The molecule has 2 amide bonds. The van der Waals surface area contributed by atoms with Gasteiger partial charge in [-0.15, -0.1) is 11.3 Å². The van der Waals surface area contributed by atoms with Crippen molar-refractivity contribution in [2.24, 2.45) is 0 Å². The van der Waals surface area contributed by atoms with Crippen molar-refractivity contribution < 1.29 is 23.9 Å². The van der Waals surface area contributed by atoms with Crippen LogP contribution in [0.15, 0.2) is 23.6 Å². The molecule has 0 bridgehead atoms. The summed E-state index contributed by atoms with van der Waals surface area (Å²) in [6, 6.07) is 4.61. The van der Waals surface area contributed by atoms with Crippen LogP contribution in [-0.4, -0.2) is 50.8 Å². The van der Waals surface area contributed by atoms with Crippen LogP contribution in [0.3, 0.4) is 0 Å². The van der Waals surface area contributed by atoms with Gasteiger partial charge in [0, 0.05) is 25.0 Å². The number of hydrogen-bond donors (Lipinski definition) is 1. The summed E-state index contributed by atoms with van der Waals surface area (Å²) in [7, 11) is 6.16. The maximum atomic E-state index is 12.5. The summed E-state index contributed by atoms with van der Waals surface area (Å²) in [5, 5.41) is 4.32. The van der Waals surface area contributed by atoms with Gasteiger partial charge in [0.15, 0.2) is 17.3 Å². The van der Waals surface area contributed by atoms with Crippen molar-refractivity contribution in [1.82, 2.24) is 4.90 Å². The Hall–Kier alpha value is -2.87. The zero-order chi connectivity index (χ0) is 19.4. The van der Waals surface area contributed by atoms with Crippen molar-refractivity contribution in [1.29, 1.82) is 0 Å². The standard InChI is InChI=1S/C18H20N2O5S/c1-10(21)15-8-12(9-26-15)17(22)19-13-6-11(18(23)20(2)3)7-14(24-4)16(13)25-5/h6-9H,1-5H3,(H,19,22). The number of nitrogens with zero attached hydrogens (tertiary/aromatic N) is 1. The van der Waals surface area contributed by atoms with Crippen LogP contribution in [0.5, 0.6) is 11.5 Å². The van der Waals surface area contributed by atoms with E-state index < -0.39 is 5.91 Å². The van der Waals surface area contributed by atoms with Crippen LogP contribution in [0.1, 0.15) is 37.3 Å². The fourth-order valence-corrected chi connectivity index (χ4v) is 3.06. The van der Waals surface area contributed by atoms with E-state index in [4.69, 9.17) is 9.47 Å². The number of carbonyl (C=O) groups is 3. The van der Waals surface area contributed by atoms with Gasteiger partial charge in [-0.05, 0) is 25.1 Å². The molecule has 0 saturated heterocycles. The lowest BCUT2D eigenvalue weighted by Crippen LogP contribution is -2.22. The molecule has 2 aromatic rings. The number of hydrogen-bond acceptors (Lipinski definition) is 6. The SMILES string of the molecule is COc1cc(C(=O)N(C)C)cc(NC(=O)c2csc(C(C)=O)c2)c1OC. The fraction of sp³-hybridized carbons (Fsp3) is 0.278. The number of rotatable bonds is 6. The van der Waals surface area contributed by atoms with E-state index in [1.807, 2.05) is 0 Å². The lowest BCUT2D eigenvalue weighted by atomic mass is 10.1. The second kappa shape index (κ2) is 8.01. The molecular formula is C18H20N2O5S. The molecule has 1 aromatic carbocycles. The number of ether oxygens (including phenoxy) is 2. The number of thiophene rings is 1. The summed E-state index contributed by atoms with van der Waals surface area (Å²) in [4.78, 5) is 38.1. The quantitative estimate of drug-likeness (QED) is 0.784. The van der Waals surface area contributed by atoms with Crippen LogP contribution in [0, 0.1) is 0 Å². The summed E-state index contributed by atoms with van der Waals surface area (Å²) < 4.78 is 10.6. The summed E-state index contributed by atoms with van der Waals surface area (Å²) in [5.41, 5.74) is 1.00. The zero-order valence-corrected chi connectivity index (χ0v) is 16.0. The molecule has 7 nitrogen and oxygen atoms in total. The Bertz CT molecular complexity index is 857. The average molecular weight is 376 g/mol. The third-order valence-corrected chi connectivity index (χ3v) is 4.62. The second-order valence-electron chi connectivity index (χ2n) is 5.67. The van der Waals surface area contributed by atoms with E-state index in [1.165, 1.54) is 49.5 Å². The van der Waals surface area contributed by atoms with Gasteiger partial charge < -0.3 is 19.7 Å².